The molecule has 3 aromatic carbocycles. The van der Waals surface area contributed by atoms with Crippen molar-refractivity contribution < 1.29 is 18.0 Å². The fraction of sp³-hybridized carbons (Fsp3) is 0.240. The van der Waals surface area contributed by atoms with Crippen LogP contribution in [0.4, 0.5) is 0 Å². The largest absolute Gasteiger partial charge is 0.384 e. The third-order valence-electron chi connectivity index (χ3n) is 6.05. The smallest absolute Gasteiger partial charge is 0.243 e. The molecular formula is C25H27N5O4S. The summed E-state index contributed by atoms with van der Waals surface area (Å²) in [4.78, 5) is 27.1. The Kier molecular flexibility index (Phi) is 7.13. The van der Waals surface area contributed by atoms with E-state index >= 15 is 0 Å². The van der Waals surface area contributed by atoms with Gasteiger partial charge < -0.3 is 16.0 Å². The molecule has 0 radical (unpaired) electrons. The van der Waals surface area contributed by atoms with Crippen molar-refractivity contribution in [1.29, 1.82) is 5.41 Å². The molecule has 1 aliphatic rings. The molecule has 35 heavy (non-hydrogen) atoms. The van der Waals surface area contributed by atoms with Gasteiger partial charge in [-0.15, -0.1) is 0 Å². The Morgan fingerprint density at radius 2 is 1.74 bits per heavy atom. The molecule has 1 atom stereocenters. The molecule has 1 saturated heterocycles. The van der Waals surface area contributed by atoms with Crippen molar-refractivity contribution in [1.82, 2.24) is 14.9 Å². The number of likely N-dealkylation sites (tertiary alicyclic amines) is 1. The van der Waals surface area contributed by atoms with E-state index in [2.05, 4.69) is 10.0 Å². The standard InChI is InChI=1S/C25H27N5O4S/c26-24(27)19-9-7-17(8-10-19)15-28-25(32)22-6-3-13-30(22)23(31)16-29-35(33,34)21-12-11-18-4-1-2-5-20(18)14-21/h1-2,4-5,7-12,14,22,29H,3,6,13,15-16H2,(H3,26,27)(H,28,32)/t22-/m0/s1. The molecule has 182 valence electrons. The SMILES string of the molecule is N=C(N)c1ccc(CNC(=O)[C@@H]2CCCN2C(=O)CNS(=O)(=O)c2ccc3ccccc3c2)cc1. The second-order valence-corrected chi connectivity index (χ2v) is 10.2. The molecule has 0 aromatic heterocycles. The zero-order valence-corrected chi connectivity index (χ0v) is 19.8. The van der Waals surface area contributed by atoms with E-state index in [1.165, 1.54) is 11.0 Å². The van der Waals surface area contributed by atoms with Crippen LogP contribution in [0, 0.1) is 5.41 Å². The average Bonchev–Trinajstić information content (AvgIpc) is 3.36. The van der Waals surface area contributed by atoms with E-state index in [4.69, 9.17) is 11.1 Å². The van der Waals surface area contributed by atoms with Gasteiger partial charge in [-0.25, -0.2) is 13.1 Å². The molecular weight excluding hydrogens is 466 g/mol. The number of fused-ring (bicyclic) bond motifs is 1. The number of amidine groups is 1. The fourth-order valence-corrected chi connectivity index (χ4v) is 5.13. The number of carbonyl (C=O) groups excluding carboxylic acids is 2. The summed E-state index contributed by atoms with van der Waals surface area (Å²) >= 11 is 0. The van der Waals surface area contributed by atoms with Crippen molar-refractivity contribution in [2.45, 2.75) is 30.3 Å². The van der Waals surface area contributed by atoms with E-state index in [9.17, 15) is 18.0 Å². The lowest BCUT2D eigenvalue weighted by Gasteiger charge is -2.24. The Labute approximate surface area is 203 Å². The molecule has 0 saturated carbocycles. The van der Waals surface area contributed by atoms with Gasteiger partial charge in [0, 0.05) is 18.7 Å². The minimum atomic E-state index is -3.89. The first kappa shape index (κ1) is 24.4. The fourth-order valence-electron chi connectivity index (χ4n) is 4.12. The van der Waals surface area contributed by atoms with Crippen LogP contribution in [0.5, 0.6) is 0 Å². The molecule has 1 aliphatic heterocycles. The highest BCUT2D eigenvalue weighted by Crippen LogP contribution is 2.20. The van der Waals surface area contributed by atoms with Crippen LogP contribution in [-0.2, 0) is 26.2 Å². The molecule has 1 heterocycles. The number of nitrogens with one attached hydrogen (secondary N) is 3. The molecule has 0 unspecified atom stereocenters. The summed E-state index contributed by atoms with van der Waals surface area (Å²) in [6.45, 7) is 0.234. The first-order chi connectivity index (χ1) is 16.7. The predicted molar refractivity (Wildman–Crippen MR) is 133 cm³/mol. The second-order valence-electron chi connectivity index (χ2n) is 8.41. The summed E-state index contributed by atoms with van der Waals surface area (Å²) in [5.41, 5.74) is 6.88. The number of nitrogens with two attached hydrogens (primary N) is 1. The number of hydrogen-bond donors (Lipinski definition) is 4. The predicted octanol–water partition coefficient (Wildman–Crippen LogP) is 1.71. The maximum Gasteiger partial charge on any atom is 0.243 e. The second kappa shape index (κ2) is 10.2. The van der Waals surface area contributed by atoms with Gasteiger partial charge in [0.15, 0.2) is 0 Å². The van der Waals surface area contributed by atoms with E-state index in [1.807, 2.05) is 24.3 Å². The van der Waals surface area contributed by atoms with E-state index in [0.717, 1.165) is 16.3 Å². The molecule has 1 fully saturated rings. The van der Waals surface area contributed by atoms with Gasteiger partial charge in [-0.1, -0.05) is 54.6 Å². The molecule has 0 aliphatic carbocycles. The lowest BCUT2D eigenvalue weighted by molar-refractivity contribution is -0.137. The van der Waals surface area contributed by atoms with Gasteiger partial charge in [-0.05, 0) is 41.3 Å². The first-order valence-electron chi connectivity index (χ1n) is 11.2. The zero-order valence-electron chi connectivity index (χ0n) is 19.0. The van der Waals surface area contributed by atoms with E-state index in [-0.39, 0.29) is 23.2 Å². The van der Waals surface area contributed by atoms with Crippen molar-refractivity contribution >= 4 is 38.4 Å². The number of nitrogen functional groups attached to an aromatic ring is 1. The van der Waals surface area contributed by atoms with Crippen LogP contribution < -0.4 is 15.8 Å². The van der Waals surface area contributed by atoms with Gasteiger partial charge in [0.2, 0.25) is 21.8 Å². The molecule has 10 heteroatoms. The lowest BCUT2D eigenvalue weighted by atomic mass is 10.1. The van der Waals surface area contributed by atoms with Crippen LogP contribution in [0.2, 0.25) is 0 Å². The summed E-state index contributed by atoms with van der Waals surface area (Å²) in [5, 5.41) is 12.0. The number of carbonyl (C=O) groups is 2. The Morgan fingerprint density at radius 1 is 1.03 bits per heavy atom. The van der Waals surface area contributed by atoms with E-state index in [1.54, 1.807) is 36.4 Å². The van der Waals surface area contributed by atoms with Crippen LogP contribution in [0.15, 0.2) is 71.6 Å². The summed E-state index contributed by atoms with van der Waals surface area (Å²) in [6, 6.07) is 18.5. The van der Waals surface area contributed by atoms with Crippen LogP contribution >= 0.6 is 0 Å². The van der Waals surface area contributed by atoms with Crippen LogP contribution in [0.3, 0.4) is 0 Å². The Morgan fingerprint density at radius 3 is 2.46 bits per heavy atom. The number of amides is 2. The molecule has 2 amide bonds. The minimum absolute atomic E-state index is 0.0306. The summed E-state index contributed by atoms with van der Waals surface area (Å²) in [6.07, 6.45) is 1.17. The molecule has 0 spiro atoms. The summed E-state index contributed by atoms with van der Waals surface area (Å²) < 4.78 is 27.9. The topological polar surface area (TPSA) is 145 Å². The number of nitrogens with zero attached hydrogens (tertiary/aromatic N) is 1. The maximum absolute atomic E-state index is 12.8. The van der Waals surface area contributed by atoms with Crippen molar-refractivity contribution in [2.24, 2.45) is 5.73 Å². The highest BCUT2D eigenvalue weighted by molar-refractivity contribution is 7.89. The normalized spacial score (nSPS) is 15.8. The van der Waals surface area contributed by atoms with Gasteiger partial charge in [0.1, 0.15) is 11.9 Å². The minimum Gasteiger partial charge on any atom is -0.384 e. The van der Waals surface area contributed by atoms with Crippen molar-refractivity contribution in [3.05, 3.63) is 77.9 Å². The zero-order chi connectivity index (χ0) is 25.0. The number of rotatable bonds is 8. The summed E-state index contributed by atoms with van der Waals surface area (Å²) in [7, 11) is -3.89. The number of sulfonamides is 1. The van der Waals surface area contributed by atoms with Crippen LogP contribution in [0.1, 0.15) is 24.0 Å². The van der Waals surface area contributed by atoms with E-state index in [0.29, 0.717) is 24.9 Å². The molecule has 3 aromatic rings. The Balaban J connectivity index is 1.34. The van der Waals surface area contributed by atoms with Gasteiger partial charge in [-0.2, -0.15) is 0 Å². The van der Waals surface area contributed by atoms with Crippen LogP contribution in [-0.4, -0.2) is 50.1 Å². The molecule has 4 rings (SSSR count). The van der Waals surface area contributed by atoms with Gasteiger partial charge in [-0.3, -0.25) is 15.0 Å². The van der Waals surface area contributed by atoms with Crippen LogP contribution in [0.25, 0.3) is 10.8 Å². The molecule has 0 bridgehead atoms. The van der Waals surface area contributed by atoms with Gasteiger partial charge in [0.05, 0.1) is 11.4 Å². The van der Waals surface area contributed by atoms with Gasteiger partial charge >= 0.3 is 0 Å². The van der Waals surface area contributed by atoms with Crippen molar-refractivity contribution in [3.63, 3.8) is 0 Å². The lowest BCUT2D eigenvalue weighted by Crippen LogP contribution is -2.48. The third-order valence-corrected chi connectivity index (χ3v) is 7.45. The third kappa shape index (κ3) is 5.67. The average molecular weight is 494 g/mol. The Bertz CT molecular complexity index is 1370. The highest BCUT2D eigenvalue weighted by Gasteiger charge is 2.34. The monoisotopic (exact) mass is 493 g/mol. The number of benzene rings is 3. The first-order valence-corrected chi connectivity index (χ1v) is 12.7. The number of hydrogen-bond acceptors (Lipinski definition) is 5. The molecule has 5 N–H and O–H groups in total. The van der Waals surface area contributed by atoms with Gasteiger partial charge in [0.25, 0.3) is 0 Å². The summed E-state index contributed by atoms with van der Waals surface area (Å²) in [5.74, 6) is -0.765. The quantitative estimate of drug-likeness (QED) is 0.279. The maximum atomic E-state index is 12.8. The highest BCUT2D eigenvalue weighted by atomic mass is 32.2. The van der Waals surface area contributed by atoms with E-state index < -0.39 is 28.5 Å². The Hall–Kier alpha value is -3.76. The molecule has 9 nitrogen and oxygen atoms in total. The van der Waals surface area contributed by atoms with Crippen molar-refractivity contribution in [3.8, 4) is 0 Å². The van der Waals surface area contributed by atoms with Crippen molar-refractivity contribution in [2.75, 3.05) is 13.1 Å².